The first-order valence-electron chi connectivity index (χ1n) is 7.34. The Morgan fingerprint density at radius 1 is 1.44 bits per heavy atom. The molecule has 0 aliphatic carbocycles. The number of carbonyl (C=O) groups excluding carboxylic acids is 1. The average molecular weight is 391 g/mol. The summed E-state index contributed by atoms with van der Waals surface area (Å²) < 4.78 is 35.0. The summed E-state index contributed by atoms with van der Waals surface area (Å²) in [6.45, 7) is 2.04. The number of fused-ring (bicyclic) bond motifs is 2. The second kappa shape index (κ2) is 6.36. The fourth-order valence-electron chi connectivity index (χ4n) is 2.92. The number of urea groups is 1. The van der Waals surface area contributed by atoms with Crippen LogP contribution in [0.5, 0.6) is 0 Å². The van der Waals surface area contributed by atoms with Crippen LogP contribution in [0.1, 0.15) is 41.9 Å². The normalized spacial score (nSPS) is 24.5. The van der Waals surface area contributed by atoms with E-state index in [4.69, 9.17) is 16.0 Å². The fraction of sp³-hybridized carbons (Fsp3) is 0.636. The molecule has 2 amide bonds. The van der Waals surface area contributed by atoms with Crippen LogP contribution in [0.25, 0.3) is 0 Å². The van der Waals surface area contributed by atoms with Crippen molar-refractivity contribution in [3.8, 4) is 0 Å². The molecule has 14 heteroatoms. The van der Waals surface area contributed by atoms with E-state index in [0.29, 0.717) is 27.9 Å². The van der Waals surface area contributed by atoms with E-state index in [2.05, 4.69) is 19.5 Å². The molecule has 2 bridgehead atoms. The Bertz CT molecular complexity index is 805. The van der Waals surface area contributed by atoms with Crippen molar-refractivity contribution in [1.82, 2.24) is 20.2 Å². The third-order valence-corrected chi connectivity index (χ3v) is 5.48. The van der Waals surface area contributed by atoms with Crippen molar-refractivity contribution >= 4 is 33.7 Å². The van der Waals surface area contributed by atoms with Gasteiger partial charge in [-0.15, -0.1) is 14.5 Å². The lowest BCUT2D eigenvalue weighted by atomic mass is 10.0. The van der Waals surface area contributed by atoms with Crippen molar-refractivity contribution < 1.29 is 22.0 Å². The Balaban J connectivity index is 1.79. The summed E-state index contributed by atoms with van der Waals surface area (Å²) in [6.07, 6.45) is 1.06. The number of aliphatic imine (C=N–C) groups is 1. The maximum atomic E-state index is 12.4. The molecule has 2 saturated heterocycles. The molecule has 0 aromatic carbocycles. The second-order valence-electron chi connectivity index (χ2n) is 5.72. The number of rotatable bonds is 5. The number of carbonyl (C=O) groups is 1. The zero-order chi connectivity index (χ0) is 18.4. The lowest BCUT2D eigenvalue weighted by Gasteiger charge is -2.28. The Morgan fingerprint density at radius 2 is 2.16 bits per heavy atom. The van der Waals surface area contributed by atoms with E-state index < -0.39 is 22.5 Å². The molecule has 0 radical (unpaired) electrons. The lowest BCUT2D eigenvalue weighted by Crippen LogP contribution is -2.35. The molecule has 1 unspecified atom stereocenters. The van der Waals surface area contributed by atoms with Crippen LogP contribution in [0.3, 0.4) is 0 Å². The van der Waals surface area contributed by atoms with E-state index in [-0.39, 0.29) is 24.6 Å². The molecule has 3 rings (SSSR count). The number of hydrogen-bond acceptors (Lipinski definition) is 8. The van der Waals surface area contributed by atoms with Crippen molar-refractivity contribution in [2.24, 2.45) is 16.5 Å². The van der Waals surface area contributed by atoms with Crippen LogP contribution in [0.2, 0.25) is 0 Å². The summed E-state index contributed by atoms with van der Waals surface area (Å²) in [5.41, 5.74) is 10.7. The highest BCUT2D eigenvalue weighted by molar-refractivity contribution is 7.80. The third-order valence-electron chi connectivity index (χ3n) is 3.94. The van der Waals surface area contributed by atoms with Crippen molar-refractivity contribution in [2.75, 3.05) is 6.54 Å². The van der Waals surface area contributed by atoms with Gasteiger partial charge < -0.3 is 16.4 Å². The van der Waals surface area contributed by atoms with Crippen LogP contribution in [-0.4, -0.2) is 57.7 Å². The third kappa shape index (κ3) is 3.65. The summed E-state index contributed by atoms with van der Waals surface area (Å²) in [7, 11) is -4.77. The number of guanidine groups is 1. The molecule has 0 saturated carbocycles. The van der Waals surface area contributed by atoms with Gasteiger partial charge in [-0.3, -0.25) is 4.55 Å². The summed E-state index contributed by atoms with van der Waals surface area (Å²) in [5.74, 6) is -0.0579. The highest BCUT2D eigenvalue weighted by Crippen LogP contribution is 2.40. The van der Waals surface area contributed by atoms with Gasteiger partial charge in [0.25, 0.3) is 0 Å². The maximum Gasteiger partial charge on any atom is 0.418 e. The molecular weight excluding hydrogens is 374 g/mol. The molecule has 0 spiro atoms. The molecule has 2 aliphatic heterocycles. The van der Waals surface area contributed by atoms with Crippen LogP contribution in [0, 0.1) is 0 Å². The van der Waals surface area contributed by atoms with Gasteiger partial charge in [0.05, 0.1) is 12.1 Å². The zero-order valence-corrected chi connectivity index (χ0v) is 14.8. The first-order valence-corrected chi connectivity index (χ1v) is 9.52. The summed E-state index contributed by atoms with van der Waals surface area (Å²) in [4.78, 5) is 17.8. The Kier molecular flexibility index (Phi) is 4.52. The summed E-state index contributed by atoms with van der Waals surface area (Å²) in [6, 6.07) is -1.80. The number of amides is 2. The van der Waals surface area contributed by atoms with Crippen LogP contribution >= 0.6 is 11.3 Å². The minimum Gasteiger partial charge on any atom is -0.370 e. The van der Waals surface area contributed by atoms with E-state index in [1.54, 1.807) is 6.92 Å². The molecule has 12 nitrogen and oxygen atoms in total. The molecule has 2 fully saturated rings. The number of hydroxylamine groups is 2. The van der Waals surface area contributed by atoms with Gasteiger partial charge in [0.2, 0.25) is 0 Å². The maximum absolute atomic E-state index is 12.4. The van der Waals surface area contributed by atoms with Crippen molar-refractivity contribution in [3.05, 3.63) is 10.0 Å². The highest BCUT2D eigenvalue weighted by Gasteiger charge is 2.48. The zero-order valence-electron chi connectivity index (χ0n) is 13.1. The molecule has 2 aliphatic rings. The minimum absolute atomic E-state index is 0.0579. The highest BCUT2D eigenvalue weighted by atomic mass is 32.3. The van der Waals surface area contributed by atoms with E-state index in [9.17, 15) is 13.2 Å². The summed E-state index contributed by atoms with van der Waals surface area (Å²) >= 11 is 1.28. The number of hydrogen-bond donors (Lipinski definition) is 3. The molecule has 1 aromatic rings. The standard InChI is InChI=1S/C11H17N7O5S2/c1-5(14-10(12)13)8-15-16-9(24-8)7-3-2-6-4-17(7)11(19)18(6)23-25(20,21)22/h5-7H,2-4H2,1H3,(H4,12,13,14)(H,20,21,22)/t5?,6-,7+/m1/s1. The van der Waals surface area contributed by atoms with Crippen LogP contribution in [0.4, 0.5) is 4.79 Å². The molecule has 1 aromatic heterocycles. The van der Waals surface area contributed by atoms with Gasteiger partial charge in [-0.1, -0.05) is 11.3 Å². The SMILES string of the molecule is CC(N=C(N)N)c1nnc([C@@H]2CC[C@@H]3CN2C(=O)N3OS(=O)(=O)O)s1. The Morgan fingerprint density at radius 3 is 2.80 bits per heavy atom. The van der Waals surface area contributed by atoms with E-state index >= 15 is 0 Å². The van der Waals surface area contributed by atoms with Gasteiger partial charge in [0.1, 0.15) is 16.1 Å². The smallest absolute Gasteiger partial charge is 0.370 e. The largest absolute Gasteiger partial charge is 0.418 e. The Hall–Kier alpha value is -2.03. The van der Waals surface area contributed by atoms with Crippen molar-refractivity contribution in [1.29, 1.82) is 0 Å². The van der Waals surface area contributed by atoms with Gasteiger partial charge in [0.15, 0.2) is 5.96 Å². The molecule has 5 N–H and O–H groups in total. The average Bonchev–Trinajstić information content (AvgIpc) is 3.07. The van der Waals surface area contributed by atoms with E-state index in [1.165, 1.54) is 16.2 Å². The van der Waals surface area contributed by atoms with Gasteiger partial charge in [-0.05, 0) is 19.8 Å². The first kappa shape index (κ1) is 17.8. The fourth-order valence-corrected chi connectivity index (χ4v) is 4.29. The van der Waals surface area contributed by atoms with Gasteiger partial charge in [-0.25, -0.2) is 9.79 Å². The quantitative estimate of drug-likeness (QED) is 0.340. The number of nitrogens with two attached hydrogens (primary N) is 2. The molecule has 25 heavy (non-hydrogen) atoms. The molecule has 3 heterocycles. The first-order chi connectivity index (χ1) is 11.7. The summed E-state index contributed by atoms with van der Waals surface area (Å²) in [5, 5.41) is 10.1. The minimum atomic E-state index is -4.77. The van der Waals surface area contributed by atoms with Crippen molar-refractivity contribution in [2.45, 2.75) is 37.9 Å². The molecular formula is C11H17N7O5S2. The monoisotopic (exact) mass is 391 g/mol. The predicted octanol–water partition coefficient (Wildman–Crippen LogP) is -0.452. The second-order valence-corrected chi connectivity index (χ2v) is 7.76. The molecule has 3 atom stereocenters. The molecule has 138 valence electrons. The van der Waals surface area contributed by atoms with Crippen LogP contribution in [-0.2, 0) is 14.7 Å². The topological polar surface area (TPSA) is 177 Å². The lowest BCUT2D eigenvalue weighted by molar-refractivity contribution is -0.0317. The van der Waals surface area contributed by atoms with Gasteiger partial charge in [0, 0.05) is 6.54 Å². The van der Waals surface area contributed by atoms with Gasteiger partial charge >= 0.3 is 16.4 Å². The van der Waals surface area contributed by atoms with E-state index in [0.717, 1.165) is 0 Å². The van der Waals surface area contributed by atoms with Crippen LogP contribution < -0.4 is 11.5 Å². The number of piperidine rings is 1. The van der Waals surface area contributed by atoms with Gasteiger partial charge in [-0.2, -0.15) is 13.5 Å². The van der Waals surface area contributed by atoms with E-state index in [1.807, 2.05) is 0 Å². The van der Waals surface area contributed by atoms with Crippen molar-refractivity contribution in [3.63, 3.8) is 0 Å². The number of aromatic nitrogens is 2. The number of nitrogens with zero attached hydrogens (tertiary/aromatic N) is 5. The Labute approximate surface area is 147 Å². The van der Waals surface area contributed by atoms with Crippen LogP contribution in [0.15, 0.2) is 4.99 Å². The predicted molar refractivity (Wildman–Crippen MR) is 86.5 cm³/mol.